The van der Waals surface area contributed by atoms with Crippen molar-refractivity contribution >= 4 is 28.6 Å². The van der Waals surface area contributed by atoms with Crippen LogP contribution in [0, 0.1) is 13.8 Å². The van der Waals surface area contributed by atoms with Gasteiger partial charge in [0.05, 0.1) is 11.3 Å². The number of aromatic nitrogens is 1. The number of aryl methyl sites for hydroxylation is 2. The van der Waals surface area contributed by atoms with E-state index in [0.29, 0.717) is 0 Å². The zero-order valence-corrected chi connectivity index (χ0v) is 10.7. The van der Waals surface area contributed by atoms with Crippen molar-refractivity contribution < 1.29 is 4.79 Å². The van der Waals surface area contributed by atoms with Crippen LogP contribution in [-0.4, -0.2) is 16.6 Å². The van der Waals surface area contributed by atoms with Gasteiger partial charge in [0.2, 0.25) is 5.91 Å². The highest BCUT2D eigenvalue weighted by Gasteiger charge is 2.06. The lowest BCUT2D eigenvalue weighted by molar-refractivity contribution is -0.115. The molecule has 0 bridgehead atoms. The summed E-state index contributed by atoms with van der Waals surface area (Å²) in [6.45, 7) is 4.03. The lowest BCUT2D eigenvalue weighted by Crippen LogP contribution is -2.13. The van der Waals surface area contributed by atoms with E-state index in [9.17, 15) is 4.79 Å². The minimum absolute atomic E-state index is 0.269. The number of hydrogen-bond acceptors (Lipinski definition) is 3. The van der Waals surface area contributed by atoms with Crippen LogP contribution in [0.4, 0.5) is 0 Å². The van der Waals surface area contributed by atoms with E-state index in [1.165, 1.54) is 17.3 Å². The van der Waals surface area contributed by atoms with Crippen molar-refractivity contribution in [3.05, 3.63) is 35.4 Å². The Kier molecular flexibility index (Phi) is 3.33. The van der Waals surface area contributed by atoms with Crippen LogP contribution in [0.3, 0.4) is 0 Å². The molecular weight excluding hydrogens is 232 g/mol. The molecule has 1 amide bonds. The Morgan fingerprint density at radius 3 is 2.82 bits per heavy atom. The minimum atomic E-state index is -0.319. The molecule has 0 saturated carbocycles. The van der Waals surface area contributed by atoms with Gasteiger partial charge in [0.1, 0.15) is 5.03 Å². The van der Waals surface area contributed by atoms with Crippen LogP contribution in [0.25, 0.3) is 10.9 Å². The van der Waals surface area contributed by atoms with E-state index in [2.05, 4.69) is 23.2 Å². The lowest BCUT2D eigenvalue weighted by Gasteiger charge is -2.06. The summed E-state index contributed by atoms with van der Waals surface area (Å²) in [7, 11) is 0. The summed E-state index contributed by atoms with van der Waals surface area (Å²) in [5.74, 6) is -0.0499. The molecule has 0 saturated heterocycles. The highest BCUT2D eigenvalue weighted by atomic mass is 32.2. The van der Waals surface area contributed by atoms with Gasteiger partial charge in [-0.15, -0.1) is 0 Å². The minimum Gasteiger partial charge on any atom is -0.369 e. The molecule has 17 heavy (non-hydrogen) atoms. The van der Waals surface area contributed by atoms with E-state index in [1.54, 1.807) is 0 Å². The molecule has 2 N–H and O–H groups in total. The van der Waals surface area contributed by atoms with Crippen LogP contribution in [-0.2, 0) is 4.79 Å². The number of thioether (sulfide) groups is 1. The van der Waals surface area contributed by atoms with Gasteiger partial charge in [0.25, 0.3) is 0 Å². The van der Waals surface area contributed by atoms with Crippen molar-refractivity contribution in [2.75, 3.05) is 5.75 Å². The van der Waals surface area contributed by atoms with Crippen molar-refractivity contribution in [3.8, 4) is 0 Å². The number of pyridine rings is 1. The highest BCUT2D eigenvalue weighted by Crippen LogP contribution is 2.24. The maximum absolute atomic E-state index is 10.8. The van der Waals surface area contributed by atoms with Gasteiger partial charge in [-0.1, -0.05) is 23.9 Å². The molecule has 2 aromatic rings. The number of primary amides is 1. The number of carbonyl (C=O) groups excluding carboxylic acids is 1. The number of rotatable bonds is 3. The number of fused-ring (bicyclic) bond motifs is 1. The maximum Gasteiger partial charge on any atom is 0.227 e. The summed E-state index contributed by atoms with van der Waals surface area (Å²) in [5.41, 5.74) is 8.36. The summed E-state index contributed by atoms with van der Waals surface area (Å²) in [6.07, 6.45) is 0. The van der Waals surface area contributed by atoms with Crippen molar-refractivity contribution in [2.45, 2.75) is 18.9 Å². The Morgan fingerprint density at radius 2 is 2.12 bits per heavy atom. The maximum atomic E-state index is 10.8. The number of nitrogens with zero attached hydrogens (tertiary/aromatic N) is 1. The van der Waals surface area contributed by atoms with E-state index >= 15 is 0 Å². The quantitative estimate of drug-likeness (QED) is 0.846. The van der Waals surface area contributed by atoms with E-state index < -0.39 is 0 Å². The zero-order valence-electron chi connectivity index (χ0n) is 9.86. The van der Waals surface area contributed by atoms with E-state index in [4.69, 9.17) is 5.73 Å². The molecule has 1 heterocycles. The highest BCUT2D eigenvalue weighted by molar-refractivity contribution is 7.99. The van der Waals surface area contributed by atoms with Crippen LogP contribution >= 0.6 is 11.8 Å². The monoisotopic (exact) mass is 246 g/mol. The fourth-order valence-corrected chi connectivity index (χ4v) is 2.38. The summed E-state index contributed by atoms with van der Waals surface area (Å²) >= 11 is 1.39. The summed E-state index contributed by atoms with van der Waals surface area (Å²) in [4.78, 5) is 15.3. The molecular formula is C13H14N2OS. The number of carbonyl (C=O) groups is 1. The lowest BCUT2D eigenvalue weighted by atomic mass is 10.1. The second-order valence-corrected chi connectivity index (χ2v) is 5.03. The largest absolute Gasteiger partial charge is 0.369 e. The van der Waals surface area contributed by atoms with Crippen LogP contribution in [0.1, 0.15) is 11.1 Å². The molecule has 1 aromatic carbocycles. The molecule has 4 heteroatoms. The van der Waals surface area contributed by atoms with Gasteiger partial charge in [-0.2, -0.15) is 0 Å². The second-order valence-electron chi connectivity index (χ2n) is 4.06. The van der Waals surface area contributed by atoms with Gasteiger partial charge in [-0.05, 0) is 37.1 Å². The first-order valence-electron chi connectivity index (χ1n) is 5.35. The molecule has 1 aromatic heterocycles. The average Bonchev–Trinajstić information content (AvgIpc) is 2.26. The first kappa shape index (κ1) is 11.9. The predicted molar refractivity (Wildman–Crippen MR) is 71.1 cm³/mol. The van der Waals surface area contributed by atoms with Gasteiger partial charge >= 0.3 is 0 Å². The Bertz CT molecular complexity index is 581. The van der Waals surface area contributed by atoms with Gasteiger partial charge < -0.3 is 5.73 Å². The zero-order chi connectivity index (χ0) is 12.4. The summed E-state index contributed by atoms with van der Waals surface area (Å²) in [5, 5.41) is 2.00. The molecule has 0 radical (unpaired) electrons. The smallest absolute Gasteiger partial charge is 0.227 e. The molecule has 2 rings (SSSR count). The fraction of sp³-hybridized carbons (Fsp3) is 0.231. The Morgan fingerprint density at radius 1 is 1.35 bits per heavy atom. The molecule has 0 aliphatic rings. The fourth-order valence-electron chi connectivity index (χ4n) is 1.65. The second kappa shape index (κ2) is 4.75. The van der Waals surface area contributed by atoms with Gasteiger partial charge in [0, 0.05) is 5.39 Å². The van der Waals surface area contributed by atoms with Crippen LogP contribution in [0.5, 0.6) is 0 Å². The number of amides is 1. The van der Waals surface area contributed by atoms with Crippen LogP contribution in [0.2, 0.25) is 0 Å². The third-order valence-electron chi connectivity index (χ3n) is 2.47. The normalized spacial score (nSPS) is 10.7. The van der Waals surface area contributed by atoms with E-state index in [0.717, 1.165) is 21.5 Å². The third-order valence-corrected chi connectivity index (χ3v) is 3.58. The van der Waals surface area contributed by atoms with E-state index in [1.807, 2.05) is 19.9 Å². The molecule has 0 aliphatic heterocycles. The van der Waals surface area contributed by atoms with Gasteiger partial charge in [-0.3, -0.25) is 4.79 Å². The predicted octanol–water partition coefficient (Wildman–Crippen LogP) is 2.43. The first-order valence-corrected chi connectivity index (χ1v) is 6.34. The Hall–Kier alpha value is -1.55. The van der Waals surface area contributed by atoms with Crippen molar-refractivity contribution in [1.82, 2.24) is 4.98 Å². The Labute approximate surface area is 104 Å². The molecule has 0 aliphatic carbocycles. The summed E-state index contributed by atoms with van der Waals surface area (Å²) < 4.78 is 0. The first-order chi connectivity index (χ1) is 8.06. The standard InChI is InChI=1S/C13H14N2OS/c1-8-3-4-10-6-9(2)13(15-11(10)5-8)17-7-12(14)16/h3-6H,7H2,1-2H3,(H2,14,16). The van der Waals surface area contributed by atoms with Crippen molar-refractivity contribution in [2.24, 2.45) is 5.73 Å². The Balaban J connectivity index is 2.42. The SMILES string of the molecule is Cc1ccc2cc(C)c(SCC(N)=O)nc2c1. The molecule has 0 fully saturated rings. The molecule has 0 atom stereocenters. The average molecular weight is 246 g/mol. The molecule has 88 valence electrons. The van der Waals surface area contributed by atoms with Gasteiger partial charge in [0.15, 0.2) is 0 Å². The van der Waals surface area contributed by atoms with Crippen molar-refractivity contribution in [1.29, 1.82) is 0 Å². The van der Waals surface area contributed by atoms with Gasteiger partial charge in [-0.25, -0.2) is 4.98 Å². The van der Waals surface area contributed by atoms with Crippen LogP contribution < -0.4 is 5.73 Å². The number of nitrogens with two attached hydrogens (primary N) is 1. The van der Waals surface area contributed by atoms with Crippen molar-refractivity contribution in [3.63, 3.8) is 0 Å². The van der Waals surface area contributed by atoms with E-state index in [-0.39, 0.29) is 11.7 Å². The topological polar surface area (TPSA) is 56.0 Å². The molecule has 0 spiro atoms. The number of benzene rings is 1. The summed E-state index contributed by atoms with van der Waals surface area (Å²) in [6, 6.07) is 8.26. The van der Waals surface area contributed by atoms with Crippen LogP contribution in [0.15, 0.2) is 29.3 Å². The third kappa shape index (κ3) is 2.77. The molecule has 3 nitrogen and oxygen atoms in total. The molecule has 0 unspecified atom stereocenters. The number of hydrogen-bond donors (Lipinski definition) is 1.